The van der Waals surface area contributed by atoms with E-state index < -0.39 is 0 Å². The molecule has 7 nitrogen and oxygen atoms in total. The summed E-state index contributed by atoms with van der Waals surface area (Å²) in [4.78, 5) is 6.79. The summed E-state index contributed by atoms with van der Waals surface area (Å²) in [6, 6.07) is 18.5. The van der Waals surface area contributed by atoms with Crippen LogP contribution in [0.15, 0.2) is 65.9 Å². The number of guanidine groups is 1. The Morgan fingerprint density at radius 2 is 1.93 bits per heavy atom. The fourth-order valence-corrected chi connectivity index (χ4v) is 3.77. The van der Waals surface area contributed by atoms with Crippen molar-refractivity contribution in [2.75, 3.05) is 27.2 Å². The molecule has 1 unspecified atom stereocenters. The summed E-state index contributed by atoms with van der Waals surface area (Å²) in [5, 5.41) is 11.8. The number of benzene rings is 2. The number of likely N-dealkylation sites (tertiary alicyclic amines) is 1. The number of rotatable bonds is 5. The fraction of sp³-hybridized carbons (Fsp3) is 0.318. The molecule has 0 spiro atoms. The fourth-order valence-electron chi connectivity index (χ4n) is 3.77. The van der Waals surface area contributed by atoms with Gasteiger partial charge in [-0.1, -0.05) is 30.3 Å². The summed E-state index contributed by atoms with van der Waals surface area (Å²) in [5.41, 5.74) is 2.39. The van der Waals surface area contributed by atoms with Gasteiger partial charge in [-0.15, -0.1) is 34.2 Å². The number of ether oxygens (including phenoxy) is 1. The predicted octanol–water partition coefficient (Wildman–Crippen LogP) is 3.46. The Morgan fingerprint density at radius 3 is 2.63 bits per heavy atom. The zero-order valence-electron chi connectivity index (χ0n) is 17.2. The molecule has 1 fully saturated rings. The predicted molar refractivity (Wildman–Crippen MR) is 129 cm³/mol. The molecule has 1 atom stereocenters. The summed E-state index contributed by atoms with van der Waals surface area (Å²) in [6.45, 7) is 2.48. The lowest BCUT2D eigenvalue weighted by atomic mass is 9.98. The molecule has 158 valence electrons. The minimum absolute atomic E-state index is 0. The van der Waals surface area contributed by atoms with E-state index >= 15 is 0 Å². The van der Waals surface area contributed by atoms with E-state index in [4.69, 9.17) is 4.74 Å². The molecule has 30 heavy (non-hydrogen) atoms. The van der Waals surface area contributed by atoms with Crippen LogP contribution in [0, 0.1) is 0 Å². The molecule has 0 aliphatic carbocycles. The normalized spacial score (nSPS) is 16.3. The van der Waals surface area contributed by atoms with E-state index in [-0.39, 0.29) is 24.0 Å². The highest BCUT2D eigenvalue weighted by Gasteiger charge is 2.26. The van der Waals surface area contributed by atoms with Crippen molar-refractivity contribution in [1.29, 1.82) is 0 Å². The van der Waals surface area contributed by atoms with Crippen molar-refractivity contribution in [3.8, 4) is 11.4 Å². The van der Waals surface area contributed by atoms with Gasteiger partial charge in [-0.3, -0.25) is 9.56 Å². The summed E-state index contributed by atoms with van der Waals surface area (Å²) in [5.74, 6) is 3.13. The maximum Gasteiger partial charge on any atom is 0.194 e. The molecule has 0 bridgehead atoms. The molecule has 8 heteroatoms. The van der Waals surface area contributed by atoms with Gasteiger partial charge in [0.15, 0.2) is 11.8 Å². The highest BCUT2D eigenvalue weighted by Crippen LogP contribution is 2.28. The van der Waals surface area contributed by atoms with E-state index in [1.165, 1.54) is 5.56 Å². The molecule has 1 aliphatic rings. The number of nitrogens with one attached hydrogen (secondary N) is 1. The zero-order chi connectivity index (χ0) is 20.1. The Hall–Kier alpha value is -2.62. The first-order valence-corrected chi connectivity index (χ1v) is 9.82. The van der Waals surface area contributed by atoms with Crippen molar-refractivity contribution >= 4 is 29.9 Å². The van der Waals surface area contributed by atoms with Crippen LogP contribution in [-0.2, 0) is 6.54 Å². The third kappa shape index (κ3) is 4.92. The van der Waals surface area contributed by atoms with Crippen LogP contribution < -0.4 is 10.1 Å². The van der Waals surface area contributed by atoms with E-state index in [2.05, 4.69) is 37.5 Å². The smallest absolute Gasteiger partial charge is 0.194 e. The maximum absolute atomic E-state index is 5.26. The third-order valence-corrected chi connectivity index (χ3v) is 5.34. The first-order valence-electron chi connectivity index (χ1n) is 9.82. The zero-order valence-corrected chi connectivity index (χ0v) is 19.6. The van der Waals surface area contributed by atoms with Gasteiger partial charge >= 0.3 is 0 Å². The van der Waals surface area contributed by atoms with Gasteiger partial charge in [0.25, 0.3) is 0 Å². The molecule has 0 radical (unpaired) electrons. The second kappa shape index (κ2) is 10.4. The van der Waals surface area contributed by atoms with Gasteiger partial charge < -0.3 is 15.0 Å². The summed E-state index contributed by atoms with van der Waals surface area (Å²) >= 11 is 0. The van der Waals surface area contributed by atoms with Gasteiger partial charge in [0.2, 0.25) is 0 Å². The maximum atomic E-state index is 5.26. The SMILES string of the molecule is CN=C(NCc1nncn1-c1ccccc1)N1CCC(c2ccc(OC)cc2)C1.I. The Kier molecular flexibility index (Phi) is 7.67. The van der Waals surface area contributed by atoms with Gasteiger partial charge in [0, 0.05) is 31.7 Å². The van der Waals surface area contributed by atoms with Crippen molar-refractivity contribution in [3.05, 3.63) is 72.3 Å². The quantitative estimate of drug-likeness (QED) is 0.319. The number of aliphatic imine (C=N–C) groups is 1. The average molecular weight is 518 g/mol. The lowest BCUT2D eigenvalue weighted by molar-refractivity contribution is 0.414. The van der Waals surface area contributed by atoms with E-state index in [0.717, 1.165) is 42.7 Å². The van der Waals surface area contributed by atoms with Crippen LogP contribution in [0.3, 0.4) is 0 Å². The molecule has 1 saturated heterocycles. The molecule has 4 rings (SSSR count). The molecule has 1 N–H and O–H groups in total. The lowest BCUT2D eigenvalue weighted by Crippen LogP contribution is -2.40. The van der Waals surface area contributed by atoms with Crippen molar-refractivity contribution in [1.82, 2.24) is 25.0 Å². The molecule has 0 amide bonds. The van der Waals surface area contributed by atoms with Gasteiger partial charge in [0.1, 0.15) is 12.1 Å². The van der Waals surface area contributed by atoms with E-state index in [1.807, 2.05) is 54.1 Å². The third-order valence-electron chi connectivity index (χ3n) is 5.34. The molecular formula is C22H27IN6O. The molecule has 3 aromatic rings. The minimum Gasteiger partial charge on any atom is -0.497 e. The van der Waals surface area contributed by atoms with Gasteiger partial charge in [-0.25, -0.2) is 0 Å². The van der Waals surface area contributed by atoms with Crippen molar-refractivity contribution in [2.24, 2.45) is 4.99 Å². The van der Waals surface area contributed by atoms with Gasteiger partial charge in [0.05, 0.1) is 13.7 Å². The number of methoxy groups -OCH3 is 1. The topological polar surface area (TPSA) is 67.6 Å². The van der Waals surface area contributed by atoms with Crippen LogP contribution in [0.1, 0.15) is 23.7 Å². The number of nitrogens with zero attached hydrogens (tertiary/aromatic N) is 5. The summed E-state index contributed by atoms with van der Waals surface area (Å²) < 4.78 is 7.26. The van der Waals surface area contributed by atoms with Crippen molar-refractivity contribution in [3.63, 3.8) is 0 Å². The first-order chi connectivity index (χ1) is 14.3. The van der Waals surface area contributed by atoms with Crippen LogP contribution in [-0.4, -0.2) is 52.9 Å². The molecule has 2 heterocycles. The van der Waals surface area contributed by atoms with Crippen LogP contribution >= 0.6 is 24.0 Å². The first kappa shape index (κ1) is 22.1. The van der Waals surface area contributed by atoms with E-state index in [9.17, 15) is 0 Å². The monoisotopic (exact) mass is 518 g/mol. The van der Waals surface area contributed by atoms with Crippen LogP contribution in [0.5, 0.6) is 5.75 Å². The van der Waals surface area contributed by atoms with E-state index in [1.54, 1.807) is 13.4 Å². The molecule has 2 aromatic carbocycles. The Balaban J connectivity index is 0.00000256. The summed E-state index contributed by atoms with van der Waals surface area (Å²) in [7, 11) is 3.52. The number of halogens is 1. The minimum atomic E-state index is 0. The molecule has 1 aliphatic heterocycles. The molecular weight excluding hydrogens is 491 g/mol. The average Bonchev–Trinajstić information content (AvgIpc) is 3.45. The molecule has 0 saturated carbocycles. The second-order valence-electron chi connectivity index (χ2n) is 7.06. The van der Waals surface area contributed by atoms with Crippen LogP contribution in [0.2, 0.25) is 0 Å². The highest BCUT2D eigenvalue weighted by molar-refractivity contribution is 14.0. The Bertz CT molecular complexity index is 957. The Labute approximate surface area is 194 Å². The number of hydrogen-bond donors (Lipinski definition) is 1. The standard InChI is InChI=1S/C22H26N6O.HI/c1-23-22(24-14-21-26-25-16-28(21)19-6-4-3-5-7-19)27-13-12-18(15-27)17-8-10-20(29-2)11-9-17;/h3-11,16,18H,12-15H2,1-2H3,(H,23,24);1H. The van der Waals surface area contributed by atoms with Gasteiger partial charge in [-0.05, 0) is 36.2 Å². The van der Waals surface area contributed by atoms with E-state index in [0.29, 0.717) is 12.5 Å². The number of hydrogen-bond acceptors (Lipinski definition) is 4. The molecule has 1 aromatic heterocycles. The van der Waals surface area contributed by atoms with Crippen LogP contribution in [0.25, 0.3) is 5.69 Å². The number of aromatic nitrogens is 3. The van der Waals surface area contributed by atoms with Gasteiger partial charge in [-0.2, -0.15) is 0 Å². The Morgan fingerprint density at radius 1 is 1.17 bits per heavy atom. The van der Waals surface area contributed by atoms with Crippen molar-refractivity contribution < 1.29 is 4.74 Å². The second-order valence-corrected chi connectivity index (χ2v) is 7.06. The van der Waals surface area contributed by atoms with Crippen LogP contribution in [0.4, 0.5) is 0 Å². The summed E-state index contributed by atoms with van der Waals surface area (Å²) in [6.07, 6.45) is 2.85. The largest absolute Gasteiger partial charge is 0.497 e. The number of para-hydroxylation sites is 1. The highest BCUT2D eigenvalue weighted by atomic mass is 127. The van der Waals surface area contributed by atoms with Crippen molar-refractivity contribution in [2.45, 2.75) is 18.9 Å². The lowest BCUT2D eigenvalue weighted by Gasteiger charge is -2.21.